The summed E-state index contributed by atoms with van der Waals surface area (Å²) in [6.07, 6.45) is 7.22. The fourth-order valence-electron chi connectivity index (χ4n) is 9.62. The van der Waals surface area contributed by atoms with E-state index < -0.39 is 27.2 Å². The number of nitriles is 1. The van der Waals surface area contributed by atoms with E-state index in [1.807, 2.05) is 13.0 Å². The lowest BCUT2D eigenvalue weighted by atomic mass is 9.49. The topological polar surface area (TPSA) is 105 Å². The third-order valence-corrected chi connectivity index (χ3v) is 13.2. The molecular formula is C39H41N3O5S. The predicted molar refractivity (Wildman–Crippen MR) is 182 cm³/mol. The number of likely N-dealkylation sites (tertiary alicyclic amines) is 1. The Bertz CT molecular complexity index is 2100. The third kappa shape index (κ3) is 4.28. The fraction of sp³-hybridized carbons (Fsp3) is 0.462. The second kappa shape index (κ2) is 10.8. The normalized spacial score (nSPS) is 26.9. The molecule has 1 saturated carbocycles. The molecule has 2 fully saturated rings. The van der Waals surface area contributed by atoms with Crippen LogP contribution < -0.4 is 8.92 Å². The molecule has 2 aliphatic heterocycles. The van der Waals surface area contributed by atoms with Crippen LogP contribution in [0.15, 0.2) is 65.6 Å². The summed E-state index contributed by atoms with van der Waals surface area (Å²) in [6, 6.07) is 21.1. The van der Waals surface area contributed by atoms with Crippen LogP contribution in [-0.4, -0.2) is 47.7 Å². The van der Waals surface area contributed by atoms with Crippen LogP contribution in [0.2, 0.25) is 0 Å². The molecule has 2 bridgehead atoms. The van der Waals surface area contributed by atoms with E-state index in [4.69, 9.17) is 14.2 Å². The Balaban J connectivity index is 1.21. The summed E-state index contributed by atoms with van der Waals surface area (Å²) in [5.74, 6) is 1.33. The maximum Gasteiger partial charge on any atom is 0.339 e. The van der Waals surface area contributed by atoms with Gasteiger partial charge in [-0.25, -0.2) is 0 Å². The minimum atomic E-state index is -4.13. The van der Waals surface area contributed by atoms with Gasteiger partial charge in [-0.3, -0.25) is 4.90 Å². The van der Waals surface area contributed by atoms with E-state index in [1.165, 1.54) is 12.8 Å². The van der Waals surface area contributed by atoms with Crippen LogP contribution >= 0.6 is 0 Å². The van der Waals surface area contributed by atoms with Gasteiger partial charge in [-0.2, -0.15) is 13.7 Å². The zero-order valence-corrected chi connectivity index (χ0v) is 28.1. The number of ether oxygens (including phenoxy) is 1. The number of rotatable bonds is 10. The highest BCUT2D eigenvalue weighted by molar-refractivity contribution is 7.87. The Morgan fingerprint density at radius 2 is 1.88 bits per heavy atom. The minimum absolute atomic E-state index is 0.0688. The number of benzene rings is 3. The minimum Gasteiger partial charge on any atom is -0.479 e. The zero-order valence-electron chi connectivity index (χ0n) is 27.3. The quantitative estimate of drug-likeness (QED) is 0.153. The molecule has 1 N–H and O–H groups in total. The summed E-state index contributed by atoms with van der Waals surface area (Å²) in [7, 11) is -4.13. The summed E-state index contributed by atoms with van der Waals surface area (Å²) in [5.41, 5.74) is 4.52. The number of hydrogen-bond donors (Lipinski definition) is 1. The van der Waals surface area contributed by atoms with Gasteiger partial charge in [0.1, 0.15) is 4.90 Å². The average molecular weight is 664 g/mol. The van der Waals surface area contributed by atoms with E-state index in [-0.39, 0.29) is 16.7 Å². The fourth-order valence-corrected chi connectivity index (χ4v) is 10.6. The second-order valence-corrected chi connectivity index (χ2v) is 16.3. The number of aryl methyl sites for hydroxylation is 2. The van der Waals surface area contributed by atoms with E-state index in [1.54, 1.807) is 30.3 Å². The molecule has 9 rings (SSSR count). The maximum atomic E-state index is 13.6. The van der Waals surface area contributed by atoms with Gasteiger partial charge >= 0.3 is 10.1 Å². The van der Waals surface area contributed by atoms with Crippen molar-refractivity contribution in [3.63, 3.8) is 0 Å². The van der Waals surface area contributed by atoms with Gasteiger partial charge in [0.05, 0.1) is 22.8 Å². The SMILES string of the molecule is Cc1ccc(S(=O)(=O)Oc2ccc3c4c2O[C@H]2c5c(c6ccccc6n5CCCCCC#N)C[C@@]5(O)[C@H](C3)N(CC3CC3)CC[C@]425)cc1. The van der Waals surface area contributed by atoms with Crippen molar-refractivity contribution in [2.45, 2.75) is 99.3 Å². The van der Waals surface area contributed by atoms with Crippen molar-refractivity contribution >= 4 is 21.0 Å². The Morgan fingerprint density at radius 3 is 2.67 bits per heavy atom. The highest BCUT2D eigenvalue weighted by atomic mass is 32.2. The third-order valence-electron chi connectivity index (χ3n) is 12.0. The Kier molecular flexibility index (Phi) is 6.82. The van der Waals surface area contributed by atoms with Crippen molar-refractivity contribution in [3.05, 3.63) is 88.6 Å². The van der Waals surface area contributed by atoms with Crippen LogP contribution in [0.1, 0.15) is 79.0 Å². The molecule has 3 heterocycles. The standard InChI is InChI=1S/C39H41N3O5S/c1-25-10-15-28(16-11-25)48(44,45)47-32-17-14-27-22-33-39(43)23-30-29-8-4-5-9-31(29)42(20-7-3-2-6-19-40)35(30)37-38(39,34(27)36(32)46-37)18-21-41(33)24-26-12-13-26/h4-5,8-11,14-17,26,33,37,43H,2-3,6-7,12-13,18,20-24H2,1H3/t33-,37-,38-,39+/m0/s1. The smallest absolute Gasteiger partial charge is 0.339 e. The molecule has 1 saturated heterocycles. The van der Waals surface area contributed by atoms with Crippen molar-refractivity contribution in [2.75, 3.05) is 13.1 Å². The van der Waals surface area contributed by atoms with E-state index in [0.717, 1.165) is 77.7 Å². The Morgan fingerprint density at radius 1 is 1.06 bits per heavy atom. The van der Waals surface area contributed by atoms with Crippen LogP contribution in [0.4, 0.5) is 0 Å². The molecule has 0 unspecified atom stereocenters. The number of fused-ring (bicyclic) bond motifs is 4. The van der Waals surface area contributed by atoms with Crippen LogP contribution in [0.25, 0.3) is 10.9 Å². The van der Waals surface area contributed by atoms with Gasteiger partial charge in [0.2, 0.25) is 0 Å². The number of para-hydroxylation sites is 1. The second-order valence-electron chi connectivity index (χ2n) is 14.8. The molecule has 1 aromatic heterocycles. The number of aromatic nitrogens is 1. The summed E-state index contributed by atoms with van der Waals surface area (Å²) < 4.78 is 42.7. The van der Waals surface area contributed by atoms with Crippen molar-refractivity contribution < 1.29 is 22.4 Å². The van der Waals surface area contributed by atoms with Crippen LogP contribution in [0.5, 0.6) is 11.5 Å². The average Bonchev–Trinajstić information content (AvgIpc) is 3.75. The zero-order chi connectivity index (χ0) is 32.8. The molecule has 5 aliphatic rings. The molecule has 48 heavy (non-hydrogen) atoms. The van der Waals surface area contributed by atoms with Crippen molar-refractivity contribution in [2.24, 2.45) is 5.92 Å². The summed E-state index contributed by atoms with van der Waals surface area (Å²) in [6.45, 7) is 4.56. The van der Waals surface area contributed by atoms with E-state index in [0.29, 0.717) is 37.4 Å². The van der Waals surface area contributed by atoms with Gasteiger partial charge in [-0.15, -0.1) is 0 Å². The highest BCUT2D eigenvalue weighted by Gasteiger charge is 2.73. The van der Waals surface area contributed by atoms with Crippen molar-refractivity contribution in [1.29, 1.82) is 5.26 Å². The first kappa shape index (κ1) is 30.2. The lowest BCUT2D eigenvalue weighted by molar-refractivity contribution is -0.173. The Labute approximate surface area is 282 Å². The maximum absolute atomic E-state index is 13.6. The van der Waals surface area contributed by atoms with Gasteiger partial charge < -0.3 is 18.6 Å². The predicted octanol–water partition coefficient (Wildman–Crippen LogP) is 6.50. The van der Waals surface area contributed by atoms with Crippen molar-refractivity contribution in [1.82, 2.24) is 9.47 Å². The molecule has 1 spiro atoms. The van der Waals surface area contributed by atoms with E-state index in [2.05, 4.69) is 39.8 Å². The number of piperidine rings is 1. The molecule has 0 radical (unpaired) electrons. The van der Waals surface area contributed by atoms with Crippen LogP contribution in [-0.2, 0) is 34.9 Å². The molecule has 0 amide bonds. The molecule has 4 atom stereocenters. The molecule has 248 valence electrons. The Hall–Kier alpha value is -3.84. The first-order valence-corrected chi connectivity index (χ1v) is 18.9. The lowest BCUT2D eigenvalue weighted by Crippen LogP contribution is -2.74. The van der Waals surface area contributed by atoms with E-state index >= 15 is 0 Å². The van der Waals surface area contributed by atoms with Gasteiger partial charge in [0.15, 0.2) is 17.6 Å². The van der Waals surface area contributed by atoms with Crippen LogP contribution in [0.3, 0.4) is 0 Å². The molecular weight excluding hydrogens is 623 g/mol. The molecule has 3 aromatic carbocycles. The highest BCUT2D eigenvalue weighted by Crippen LogP contribution is 2.69. The van der Waals surface area contributed by atoms with Gasteiger partial charge in [-0.05, 0) is 93.3 Å². The van der Waals surface area contributed by atoms with Gasteiger partial charge in [0, 0.05) is 48.4 Å². The van der Waals surface area contributed by atoms with E-state index in [9.17, 15) is 13.5 Å². The lowest BCUT2D eigenvalue weighted by Gasteiger charge is -2.63. The van der Waals surface area contributed by atoms with Crippen LogP contribution in [0, 0.1) is 24.2 Å². The molecule has 8 nitrogen and oxygen atoms in total. The number of nitrogens with zero attached hydrogens (tertiary/aromatic N) is 3. The monoisotopic (exact) mass is 663 g/mol. The summed E-state index contributed by atoms with van der Waals surface area (Å²) in [4.78, 5) is 2.64. The summed E-state index contributed by atoms with van der Waals surface area (Å²) >= 11 is 0. The number of aliphatic hydroxyl groups is 1. The van der Waals surface area contributed by atoms with Gasteiger partial charge in [0.25, 0.3) is 0 Å². The molecule has 4 aromatic rings. The summed E-state index contributed by atoms with van der Waals surface area (Å²) in [5, 5.41) is 23.6. The van der Waals surface area contributed by atoms with Crippen molar-refractivity contribution in [3.8, 4) is 17.6 Å². The first-order chi connectivity index (χ1) is 23.2. The van der Waals surface area contributed by atoms with Gasteiger partial charge in [-0.1, -0.05) is 48.4 Å². The first-order valence-electron chi connectivity index (χ1n) is 17.5. The molecule has 3 aliphatic carbocycles. The molecule has 9 heteroatoms. The largest absolute Gasteiger partial charge is 0.479 e. The number of unbranched alkanes of at least 4 members (excludes halogenated alkanes) is 3. The number of hydrogen-bond acceptors (Lipinski definition) is 7.